The number of benzene rings is 1. The van der Waals surface area contributed by atoms with Gasteiger partial charge in [0.05, 0.1) is 41.1 Å². The summed E-state index contributed by atoms with van der Waals surface area (Å²) in [7, 11) is 0. The number of anilines is 1. The van der Waals surface area contributed by atoms with Gasteiger partial charge in [0.15, 0.2) is 0 Å². The molecule has 0 bridgehead atoms. The predicted octanol–water partition coefficient (Wildman–Crippen LogP) is 3.58. The van der Waals surface area contributed by atoms with E-state index in [1.54, 1.807) is 17.1 Å². The Hall–Kier alpha value is -3.31. The number of aromatic nitrogens is 5. The largest absolute Gasteiger partial charge is 0.393 e. The van der Waals surface area contributed by atoms with E-state index in [1.165, 1.54) is 0 Å². The van der Waals surface area contributed by atoms with Crippen LogP contribution in [0.1, 0.15) is 55.6 Å². The highest BCUT2D eigenvalue weighted by Gasteiger charge is 2.35. The molecule has 2 N–H and O–H groups in total. The third kappa shape index (κ3) is 4.63. The molecular formula is C24H29N7O. The number of aliphatic hydroxyl groups excluding tert-OH is 1. The van der Waals surface area contributed by atoms with Crippen LogP contribution in [-0.4, -0.2) is 36.2 Å². The number of hydrogen-bond acceptors (Lipinski definition) is 7. The van der Waals surface area contributed by atoms with Crippen LogP contribution in [0.3, 0.4) is 0 Å². The molecule has 0 spiro atoms. The Morgan fingerprint density at radius 1 is 1.25 bits per heavy atom. The second-order valence-electron chi connectivity index (χ2n) is 9.29. The maximum absolute atomic E-state index is 10.3. The van der Waals surface area contributed by atoms with Gasteiger partial charge in [0.2, 0.25) is 5.95 Å². The maximum atomic E-state index is 10.3. The van der Waals surface area contributed by atoms with Crippen molar-refractivity contribution in [3.05, 3.63) is 59.2 Å². The topological polar surface area (TPSA) is 113 Å². The van der Waals surface area contributed by atoms with Crippen LogP contribution in [0.5, 0.6) is 0 Å². The Morgan fingerprint density at radius 3 is 2.78 bits per heavy atom. The molecule has 32 heavy (non-hydrogen) atoms. The van der Waals surface area contributed by atoms with Crippen LogP contribution in [0.15, 0.2) is 36.7 Å². The predicted molar refractivity (Wildman–Crippen MR) is 121 cm³/mol. The van der Waals surface area contributed by atoms with Crippen molar-refractivity contribution in [1.82, 2.24) is 25.0 Å². The van der Waals surface area contributed by atoms with E-state index in [0.717, 1.165) is 41.9 Å². The van der Waals surface area contributed by atoms with E-state index in [9.17, 15) is 10.4 Å². The molecule has 0 amide bonds. The highest BCUT2D eigenvalue weighted by atomic mass is 16.3. The van der Waals surface area contributed by atoms with Crippen molar-refractivity contribution in [2.75, 3.05) is 5.32 Å². The molecule has 4 rings (SSSR count). The van der Waals surface area contributed by atoms with Gasteiger partial charge in [-0.05, 0) is 55.6 Å². The first-order valence-corrected chi connectivity index (χ1v) is 11.0. The van der Waals surface area contributed by atoms with E-state index in [1.807, 2.05) is 31.2 Å². The van der Waals surface area contributed by atoms with Gasteiger partial charge in [-0.1, -0.05) is 37.3 Å². The first-order chi connectivity index (χ1) is 15.4. The van der Waals surface area contributed by atoms with Gasteiger partial charge in [0.1, 0.15) is 6.07 Å². The third-order valence-electron chi connectivity index (χ3n) is 6.41. The summed E-state index contributed by atoms with van der Waals surface area (Å²) in [6.45, 7) is 6.70. The van der Waals surface area contributed by atoms with E-state index in [0.29, 0.717) is 30.4 Å². The van der Waals surface area contributed by atoms with E-state index in [4.69, 9.17) is 0 Å². The summed E-state index contributed by atoms with van der Waals surface area (Å²) in [4.78, 5) is 9.04. The number of aryl methyl sites for hydroxylation is 1. The molecule has 0 unspecified atom stereocenters. The summed E-state index contributed by atoms with van der Waals surface area (Å²) < 4.78 is 1.81. The molecule has 1 fully saturated rings. The lowest BCUT2D eigenvalue weighted by Crippen LogP contribution is -2.37. The molecule has 2 atom stereocenters. The minimum Gasteiger partial charge on any atom is -0.393 e. The van der Waals surface area contributed by atoms with Gasteiger partial charge in [-0.2, -0.15) is 5.26 Å². The lowest BCUT2D eigenvalue weighted by atomic mass is 9.69. The minimum atomic E-state index is -0.273. The number of para-hydroxylation sites is 1. The fourth-order valence-electron chi connectivity index (χ4n) is 4.53. The summed E-state index contributed by atoms with van der Waals surface area (Å²) in [5, 5.41) is 31.3. The Balaban J connectivity index is 1.51. The van der Waals surface area contributed by atoms with Crippen molar-refractivity contribution in [3.63, 3.8) is 0 Å². The minimum absolute atomic E-state index is 0.118. The van der Waals surface area contributed by atoms with Crippen molar-refractivity contribution in [3.8, 4) is 11.8 Å². The second kappa shape index (κ2) is 9.05. The highest BCUT2D eigenvalue weighted by molar-refractivity contribution is 5.44. The van der Waals surface area contributed by atoms with Gasteiger partial charge < -0.3 is 10.4 Å². The summed E-state index contributed by atoms with van der Waals surface area (Å²) in [6.07, 6.45) is 6.40. The van der Waals surface area contributed by atoms with E-state index >= 15 is 0 Å². The third-order valence-corrected chi connectivity index (χ3v) is 6.41. The number of aliphatic hydroxyl groups is 1. The van der Waals surface area contributed by atoms with Gasteiger partial charge in [0.25, 0.3) is 0 Å². The zero-order valence-electron chi connectivity index (χ0n) is 18.8. The van der Waals surface area contributed by atoms with Gasteiger partial charge in [0, 0.05) is 6.54 Å². The van der Waals surface area contributed by atoms with E-state index in [-0.39, 0.29) is 11.5 Å². The van der Waals surface area contributed by atoms with Crippen molar-refractivity contribution >= 4 is 5.95 Å². The molecule has 8 nitrogen and oxygen atoms in total. The Kier molecular flexibility index (Phi) is 6.19. The number of hydrogen-bond donors (Lipinski definition) is 2. The van der Waals surface area contributed by atoms with Gasteiger partial charge in [-0.15, -0.1) is 5.10 Å². The lowest BCUT2D eigenvalue weighted by Gasteiger charge is -2.39. The fraction of sp³-hybridized carbons (Fsp3) is 0.458. The first-order valence-electron chi connectivity index (χ1n) is 11.0. The smallest absolute Gasteiger partial charge is 0.223 e. The Bertz CT molecular complexity index is 1130. The van der Waals surface area contributed by atoms with Crippen LogP contribution in [-0.2, 0) is 13.0 Å². The van der Waals surface area contributed by atoms with Crippen molar-refractivity contribution < 1.29 is 5.11 Å². The van der Waals surface area contributed by atoms with E-state index in [2.05, 4.69) is 45.5 Å². The van der Waals surface area contributed by atoms with Crippen molar-refractivity contribution in [1.29, 1.82) is 5.26 Å². The molecule has 2 aromatic heterocycles. The van der Waals surface area contributed by atoms with Crippen LogP contribution in [0.2, 0.25) is 0 Å². The number of nitrogens with zero attached hydrogens (tertiary/aromatic N) is 6. The van der Waals surface area contributed by atoms with Crippen LogP contribution in [0.4, 0.5) is 5.95 Å². The van der Waals surface area contributed by atoms with E-state index < -0.39 is 0 Å². The van der Waals surface area contributed by atoms with Crippen LogP contribution >= 0.6 is 0 Å². The average molecular weight is 432 g/mol. The molecule has 1 aromatic carbocycles. The number of nitriles is 1. The number of nitrogens with one attached hydrogen (secondary N) is 1. The fourth-order valence-corrected chi connectivity index (χ4v) is 4.53. The second-order valence-corrected chi connectivity index (χ2v) is 9.29. The summed E-state index contributed by atoms with van der Waals surface area (Å²) >= 11 is 0. The summed E-state index contributed by atoms with van der Waals surface area (Å²) in [5.74, 6) is 0.887. The zero-order valence-corrected chi connectivity index (χ0v) is 18.8. The van der Waals surface area contributed by atoms with Gasteiger partial charge in [-0.25, -0.2) is 14.6 Å². The van der Waals surface area contributed by atoms with Gasteiger partial charge in [-0.3, -0.25) is 0 Å². The van der Waals surface area contributed by atoms with Crippen LogP contribution < -0.4 is 5.32 Å². The maximum Gasteiger partial charge on any atom is 0.223 e. The lowest BCUT2D eigenvalue weighted by molar-refractivity contribution is -0.00748. The summed E-state index contributed by atoms with van der Waals surface area (Å²) in [6, 6.07) is 10.2. The first kappa shape index (κ1) is 21.9. The van der Waals surface area contributed by atoms with Crippen LogP contribution in [0, 0.1) is 29.6 Å². The average Bonchev–Trinajstić information content (AvgIpc) is 3.20. The molecule has 1 saturated carbocycles. The Labute approximate surface area is 188 Å². The molecule has 8 heteroatoms. The summed E-state index contributed by atoms with van der Waals surface area (Å²) in [5.41, 5.74) is 4.11. The molecule has 2 heterocycles. The molecule has 0 radical (unpaired) electrons. The standard InChI is InChI=1S/C24H29N7O/c1-16-13-28-30-31(16)21-7-5-4-6-18(21)14-26-23-27-15-19(12-25)20(29-23)10-17-8-9-22(32)24(2,3)11-17/h4-7,13,15,17,22,32H,8-11,14H2,1-3H3,(H,26,27,29)/t17-,22-/m0/s1. The SMILES string of the molecule is Cc1cnnn1-c1ccccc1CNc1ncc(C#N)c(C[C@@H]2CC[C@H](O)C(C)(C)C2)n1. The molecule has 0 aliphatic heterocycles. The molecule has 166 valence electrons. The van der Waals surface area contributed by atoms with Gasteiger partial charge >= 0.3 is 0 Å². The monoisotopic (exact) mass is 431 g/mol. The molecule has 3 aromatic rings. The van der Waals surface area contributed by atoms with Crippen molar-refractivity contribution in [2.24, 2.45) is 11.3 Å². The van der Waals surface area contributed by atoms with Crippen molar-refractivity contribution in [2.45, 2.75) is 59.1 Å². The normalized spacial score (nSPS) is 20.0. The molecule has 0 saturated heterocycles. The number of rotatable bonds is 6. The van der Waals surface area contributed by atoms with Crippen LogP contribution in [0.25, 0.3) is 5.69 Å². The quantitative estimate of drug-likeness (QED) is 0.613. The Morgan fingerprint density at radius 2 is 2.06 bits per heavy atom. The molecular weight excluding hydrogens is 402 g/mol. The molecule has 1 aliphatic carbocycles. The highest BCUT2D eigenvalue weighted by Crippen LogP contribution is 2.40. The zero-order chi connectivity index (χ0) is 22.7. The molecule has 1 aliphatic rings.